The lowest BCUT2D eigenvalue weighted by atomic mass is 10.0. The van der Waals surface area contributed by atoms with Crippen molar-refractivity contribution < 1.29 is 13.9 Å². The van der Waals surface area contributed by atoms with Crippen molar-refractivity contribution in [3.63, 3.8) is 0 Å². The summed E-state index contributed by atoms with van der Waals surface area (Å²) in [6.07, 6.45) is 6.49. The van der Waals surface area contributed by atoms with E-state index in [9.17, 15) is 4.79 Å². The van der Waals surface area contributed by atoms with E-state index in [0.29, 0.717) is 11.1 Å². The molecule has 6 aromatic heterocycles. The second-order valence-electron chi connectivity index (χ2n) is 34.9. The van der Waals surface area contributed by atoms with Crippen molar-refractivity contribution in [2.45, 2.75) is 0 Å². The van der Waals surface area contributed by atoms with E-state index in [-0.39, 0.29) is 5.78 Å². The summed E-state index contributed by atoms with van der Waals surface area (Å²) in [5, 5.41) is 15.7. The summed E-state index contributed by atoms with van der Waals surface area (Å²) < 4.78 is 44.2. The molecule has 0 N–H and O–H groups in total. The molecule has 26 aromatic rings. The van der Waals surface area contributed by atoms with Gasteiger partial charge in [-0.05, 0) is 185 Å². The van der Waals surface area contributed by atoms with Gasteiger partial charge in [-0.3, -0.25) is 4.79 Å². The molecule has 0 aliphatic heterocycles. The molecule has 6 heterocycles. The van der Waals surface area contributed by atoms with Gasteiger partial charge in [0.1, 0.15) is 0 Å². The highest BCUT2D eigenvalue weighted by Gasteiger charge is 2.33. The van der Waals surface area contributed by atoms with E-state index in [0.717, 1.165) is 121 Å². The number of ketones is 1. The van der Waals surface area contributed by atoms with E-state index in [4.69, 9.17) is 0 Å². The van der Waals surface area contributed by atoms with Crippen molar-refractivity contribution in [2.24, 2.45) is 0 Å². The van der Waals surface area contributed by atoms with Gasteiger partial charge < -0.3 is 36.5 Å². The van der Waals surface area contributed by atoms with Crippen LogP contribution in [0.5, 0.6) is 0 Å². The zero-order valence-corrected chi connectivity index (χ0v) is 76.9. The number of para-hydroxylation sites is 3. The molecule has 654 valence electrons. The van der Waals surface area contributed by atoms with E-state index in [1.807, 2.05) is 194 Å². The van der Waals surface area contributed by atoms with Gasteiger partial charge in [0, 0.05) is 144 Å². The first-order chi connectivity index (χ1) is 68.2. The first kappa shape index (κ1) is 83.6. The van der Waals surface area contributed by atoms with Gasteiger partial charge in [-0.15, -0.1) is 0 Å². The highest BCUT2D eigenvalue weighted by atomic mass is 31.2. The summed E-state index contributed by atoms with van der Waals surface area (Å²) in [5.41, 5.74) is 25.3. The third-order valence-corrected chi connectivity index (χ3v) is 33.2. The Bertz CT molecular complexity index is 9050. The minimum absolute atomic E-state index is 0.0297. The molecule has 0 saturated carbocycles. The quantitative estimate of drug-likeness (QED) is 0.0673. The van der Waals surface area contributed by atoms with Crippen molar-refractivity contribution in [2.75, 3.05) is 0 Å². The van der Waals surface area contributed by atoms with Crippen LogP contribution in [0.2, 0.25) is 0 Å². The summed E-state index contributed by atoms with van der Waals surface area (Å²) in [7, 11) is -6.23. The van der Waals surface area contributed by atoms with E-state index in [1.54, 1.807) is 0 Å². The number of nitrogens with zero attached hydrogens (tertiary/aromatic N) is 6. The van der Waals surface area contributed by atoms with Gasteiger partial charge in [0.15, 0.2) is 20.1 Å². The lowest BCUT2D eigenvalue weighted by Crippen LogP contribution is -2.25. The summed E-state index contributed by atoms with van der Waals surface area (Å²) in [6, 6.07) is 177. The minimum Gasteiger partial charge on any atom is -0.316 e. The predicted octanol–water partition coefficient (Wildman–Crippen LogP) is 29.7. The van der Waals surface area contributed by atoms with E-state index in [1.165, 1.54) is 76.5 Å². The van der Waals surface area contributed by atoms with Gasteiger partial charge in [-0.2, -0.15) is 0 Å². The van der Waals surface area contributed by atoms with Gasteiger partial charge >= 0.3 is 0 Å². The van der Waals surface area contributed by atoms with Crippen LogP contribution in [-0.2, 0) is 9.13 Å². The molecule has 0 aliphatic rings. The molecule has 26 rings (SSSR count). The fourth-order valence-electron chi connectivity index (χ4n) is 20.4. The monoisotopic (exact) mass is 1810 g/mol. The van der Waals surface area contributed by atoms with Crippen LogP contribution >= 0.6 is 14.3 Å². The number of rotatable bonds is 17. The zero-order chi connectivity index (χ0) is 92.2. The molecule has 138 heavy (non-hydrogen) atoms. The first-order valence-electron chi connectivity index (χ1n) is 46.6. The number of benzene rings is 20. The van der Waals surface area contributed by atoms with Crippen LogP contribution in [0.15, 0.2) is 534 Å². The number of carbonyl (C=O) groups excluding carboxylic acids is 1. The van der Waals surface area contributed by atoms with E-state index in [2.05, 4.69) is 368 Å². The highest BCUT2D eigenvalue weighted by Crippen LogP contribution is 2.48. The summed E-state index contributed by atoms with van der Waals surface area (Å²) in [4.78, 5) is 13.1. The van der Waals surface area contributed by atoms with Crippen molar-refractivity contribution in [3.05, 3.63) is 545 Å². The molecule has 0 fully saturated rings. The molecule has 0 saturated heterocycles. The minimum atomic E-state index is -3.15. The average molecular weight is 1810 g/mol. The van der Waals surface area contributed by atoms with Gasteiger partial charge in [-0.25, -0.2) is 0 Å². The maximum absolute atomic E-state index is 15.3. The Morgan fingerprint density at radius 3 is 0.761 bits per heavy atom. The second kappa shape index (κ2) is 35.5. The van der Waals surface area contributed by atoms with Crippen LogP contribution < -0.4 is 31.8 Å². The molecule has 0 aliphatic carbocycles. The molecule has 0 spiro atoms. The number of hydrogen-bond acceptors (Lipinski definition) is 3. The maximum atomic E-state index is 15.3. The number of aromatic nitrogens is 6. The van der Waals surface area contributed by atoms with Gasteiger partial charge in [-0.1, -0.05) is 364 Å². The van der Waals surface area contributed by atoms with Crippen LogP contribution in [0, 0.1) is 0 Å². The topological polar surface area (TPSA) is 80.8 Å². The molecule has 0 radical (unpaired) electrons. The molecule has 0 unspecified atom stereocenters. The summed E-state index contributed by atoms with van der Waals surface area (Å²) >= 11 is 0. The lowest BCUT2D eigenvalue weighted by molar-refractivity contribution is 0.103. The Hall–Kier alpha value is -17.5. The zero-order valence-electron chi connectivity index (χ0n) is 75.1. The highest BCUT2D eigenvalue weighted by molar-refractivity contribution is 7.85. The Labute approximate surface area is 798 Å². The third-order valence-electron chi connectivity index (χ3n) is 27.1. The molecule has 11 heteroatoms. The van der Waals surface area contributed by atoms with Gasteiger partial charge in [0.2, 0.25) is 0 Å². The largest absolute Gasteiger partial charge is 0.316 e. The van der Waals surface area contributed by atoms with E-state index >= 15 is 9.13 Å². The molecule has 20 aromatic carbocycles. The fourth-order valence-corrected chi connectivity index (χ4v) is 25.8. The predicted molar refractivity (Wildman–Crippen MR) is 578 cm³/mol. The smallest absolute Gasteiger partial charge is 0.193 e. The normalized spacial score (nSPS) is 11.7. The van der Waals surface area contributed by atoms with Crippen LogP contribution in [0.25, 0.3) is 166 Å². The Morgan fingerprint density at radius 1 is 0.167 bits per heavy atom. The molecule has 9 nitrogen and oxygen atoms in total. The van der Waals surface area contributed by atoms with Crippen LogP contribution in [-0.4, -0.2) is 33.2 Å². The van der Waals surface area contributed by atoms with Crippen molar-refractivity contribution in [1.82, 2.24) is 27.4 Å². The third kappa shape index (κ3) is 14.7. The first-order valence-corrected chi connectivity index (χ1v) is 50.0. The second-order valence-corrected chi connectivity index (χ2v) is 40.4. The van der Waals surface area contributed by atoms with Crippen LogP contribution in [0.4, 0.5) is 0 Å². The molecule has 0 atom stereocenters. The van der Waals surface area contributed by atoms with Crippen LogP contribution in [0.3, 0.4) is 0 Å². The van der Waals surface area contributed by atoms with Crippen molar-refractivity contribution in [3.8, 4) is 67.5 Å². The number of fused-ring (bicyclic) bond motifs is 15. The molecule has 0 amide bonds. The molecule has 0 bridgehead atoms. The van der Waals surface area contributed by atoms with E-state index < -0.39 is 14.3 Å². The van der Waals surface area contributed by atoms with Crippen LogP contribution in [0.1, 0.15) is 15.9 Å². The van der Waals surface area contributed by atoms with Gasteiger partial charge in [0.25, 0.3) is 0 Å². The fraction of sp³-hybridized carbons (Fsp3) is 0. The standard InChI is InChI=1S/2C44H31N2OP.C39H26N2O/c47-48(36-16-6-2-7-17-36,37-18-8-3-9-19-37)38-20-12-15-35(31-38)46-43-22-11-10-21-39(43)40-27-28-42-41(44(40)46)29-30-45(42)34-25-23-33(24-26-34)32-13-4-1-5-14-32;47-48(36-14-6-2-7-15-36,37-16-8-3-9-17-37)38-26-24-35(25-27-38)46-43-19-11-10-18-39(43)40-28-29-42-41(44(40)46)30-31-45(42)34-22-20-33(21-23-34)32-12-4-1-5-13-32;42-39(29-11-5-2-6-12-29)30-17-21-32(22-18-30)41-37-14-8-7-13-33(37)34-23-24-36-35(38(34)41)25-26-40(36)31-19-15-28(16-20-31)27-9-3-1-4-10-27/h2*1-31H;1-26H. The van der Waals surface area contributed by atoms with Crippen molar-refractivity contribution >= 4 is 150 Å². The number of hydrogen-bond donors (Lipinski definition) is 0. The average Bonchev–Trinajstić information content (AvgIpc) is 1.55. The summed E-state index contributed by atoms with van der Waals surface area (Å²) in [5.74, 6) is 0.0297. The molecular weight excluding hydrogens is 1720 g/mol. The Kier molecular flexibility index (Phi) is 21.5. The van der Waals surface area contributed by atoms with Crippen molar-refractivity contribution in [1.29, 1.82) is 0 Å². The lowest BCUT2D eigenvalue weighted by Gasteiger charge is -2.21. The molecular formula is C127H88N6O3P2. The SMILES string of the molecule is O=C(c1ccccc1)c1ccc(-n2c3ccccc3c3ccc4c(ccn4-c4ccc(-c5ccccc5)cc4)c32)cc1.O=P(c1ccccc1)(c1ccccc1)c1ccc(-n2c3ccccc3c3ccc4c(ccn4-c4ccc(-c5ccccc5)cc4)c32)cc1.O=P(c1ccccc1)(c1ccccc1)c1cccc(-n2c3ccccc3c3ccc4c(ccn4-c4ccc(-c5ccccc5)cc4)c32)c1. The summed E-state index contributed by atoms with van der Waals surface area (Å²) in [6.45, 7) is 0. The maximum Gasteiger partial charge on any atom is 0.193 e. The Morgan fingerprint density at radius 2 is 0.420 bits per heavy atom. The Balaban J connectivity index is 0.000000113. The number of carbonyl (C=O) groups is 1. The van der Waals surface area contributed by atoms with Gasteiger partial charge in [0.05, 0.1) is 49.7 Å².